The van der Waals surface area contributed by atoms with Crippen LogP contribution in [0, 0.1) is 0 Å². The van der Waals surface area contributed by atoms with E-state index in [9.17, 15) is 0 Å². The maximum absolute atomic E-state index is 4.84. The van der Waals surface area contributed by atoms with Crippen molar-refractivity contribution in [3.63, 3.8) is 0 Å². The zero-order valence-corrected chi connectivity index (χ0v) is 13.0. The number of aromatic nitrogens is 2. The number of hydrogen-bond donors (Lipinski definition) is 1. The molecule has 1 aromatic heterocycles. The standard InChI is InChI=1S/C14H21BrN4/c1-16-13-11(15)12(10-6-7-10)17-14(18-13)19-8-4-2-3-5-9-19/h10H,2-9H2,1H3,(H,16,17,18). The van der Waals surface area contributed by atoms with E-state index in [-0.39, 0.29) is 0 Å². The monoisotopic (exact) mass is 324 g/mol. The fourth-order valence-electron chi connectivity index (χ4n) is 2.66. The maximum Gasteiger partial charge on any atom is 0.227 e. The highest BCUT2D eigenvalue weighted by Crippen LogP contribution is 2.44. The topological polar surface area (TPSA) is 41.1 Å². The predicted octanol–water partition coefficient (Wildman–Crippen LogP) is 3.54. The summed E-state index contributed by atoms with van der Waals surface area (Å²) in [4.78, 5) is 11.9. The van der Waals surface area contributed by atoms with E-state index in [1.807, 2.05) is 7.05 Å². The van der Waals surface area contributed by atoms with Gasteiger partial charge in [-0.25, -0.2) is 4.98 Å². The van der Waals surface area contributed by atoms with Crippen molar-refractivity contribution in [1.29, 1.82) is 0 Å². The van der Waals surface area contributed by atoms with Crippen LogP contribution in [0.15, 0.2) is 4.47 Å². The van der Waals surface area contributed by atoms with Crippen LogP contribution < -0.4 is 10.2 Å². The molecule has 4 nitrogen and oxygen atoms in total. The van der Waals surface area contributed by atoms with Gasteiger partial charge in [0.15, 0.2) is 0 Å². The van der Waals surface area contributed by atoms with Crippen molar-refractivity contribution in [2.45, 2.75) is 44.4 Å². The van der Waals surface area contributed by atoms with Gasteiger partial charge < -0.3 is 10.2 Å². The quantitative estimate of drug-likeness (QED) is 0.923. The van der Waals surface area contributed by atoms with E-state index in [4.69, 9.17) is 4.98 Å². The molecule has 0 atom stereocenters. The van der Waals surface area contributed by atoms with E-state index in [1.165, 1.54) is 44.2 Å². The second kappa shape index (κ2) is 5.65. The fourth-order valence-corrected chi connectivity index (χ4v) is 3.36. The molecule has 5 heteroatoms. The number of anilines is 2. The third-order valence-electron chi connectivity index (χ3n) is 3.95. The van der Waals surface area contributed by atoms with Gasteiger partial charge in [0.25, 0.3) is 0 Å². The Labute approximate surface area is 123 Å². The molecule has 0 bridgehead atoms. The Hall–Kier alpha value is -0.840. The summed E-state index contributed by atoms with van der Waals surface area (Å²) in [5.74, 6) is 2.47. The summed E-state index contributed by atoms with van der Waals surface area (Å²) in [7, 11) is 1.93. The van der Waals surface area contributed by atoms with Crippen LogP contribution >= 0.6 is 15.9 Å². The van der Waals surface area contributed by atoms with Crippen molar-refractivity contribution >= 4 is 27.7 Å². The Bertz CT molecular complexity index is 451. The van der Waals surface area contributed by atoms with E-state index in [0.29, 0.717) is 5.92 Å². The summed E-state index contributed by atoms with van der Waals surface area (Å²) >= 11 is 3.65. The zero-order valence-electron chi connectivity index (χ0n) is 11.5. The summed E-state index contributed by atoms with van der Waals surface area (Å²) < 4.78 is 1.05. The molecule has 1 saturated heterocycles. The number of rotatable bonds is 3. The molecule has 1 aliphatic carbocycles. The minimum atomic E-state index is 0.634. The molecule has 0 radical (unpaired) electrons. The van der Waals surface area contributed by atoms with E-state index in [1.54, 1.807) is 0 Å². The molecular formula is C14H21BrN4. The summed E-state index contributed by atoms with van der Waals surface area (Å²) in [6.07, 6.45) is 7.71. The van der Waals surface area contributed by atoms with Gasteiger partial charge in [-0.3, -0.25) is 0 Å². The highest BCUT2D eigenvalue weighted by molar-refractivity contribution is 9.10. The van der Waals surface area contributed by atoms with Crippen LogP contribution in [-0.2, 0) is 0 Å². The maximum atomic E-state index is 4.84. The van der Waals surface area contributed by atoms with Gasteiger partial charge in [-0.15, -0.1) is 0 Å². The van der Waals surface area contributed by atoms with E-state index in [2.05, 4.69) is 31.1 Å². The Morgan fingerprint density at radius 1 is 1.11 bits per heavy atom. The molecule has 2 aliphatic rings. The van der Waals surface area contributed by atoms with E-state index < -0.39 is 0 Å². The Morgan fingerprint density at radius 2 is 1.79 bits per heavy atom. The summed E-state index contributed by atoms with van der Waals surface area (Å²) in [5.41, 5.74) is 1.19. The van der Waals surface area contributed by atoms with Crippen LogP contribution in [0.1, 0.15) is 50.1 Å². The van der Waals surface area contributed by atoms with Gasteiger partial charge in [-0.2, -0.15) is 4.98 Å². The molecule has 1 aliphatic heterocycles. The Kier molecular flexibility index (Phi) is 3.91. The molecule has 1 N–H and O–H groups in total. The smallest absolute Gasteiger partial charge is 0.227 e. The first-order chi connectivity index (χ1) is 9.29. The van der Waals surface area contributed by atoms with Crippen LogP contribution in [0.3, 0.4) is 0 Å². The second-order valence-electron chi connectivity index (χ2n) is 5.50. The number of hydrogen-bond acceptors (Lipinski definition) is 4. The van der Waals surface area contributed by atoms with Gasteiger partial charge in [0, 0.05) is 26.1 Å². The van der Waals surface area contributed by atoms with Crippen molar-refractivity contribution in [3.05, 3.63) is 10.2 Å². The first kappa shape index (κ1) is 13.2. The van der Waals surface area contributed by atoms with Crippen LogP contribution in [0.25, 0.3) is 0 Å². The zero-order chi connectivity index (χ0) is 13.2. The molecule has 0 aromatic carbocycles. The molecule has 1 aromatic rings. The minimum absolute atomic E-state index is 0.634. The van der Waals surface area contributed by atoms with Crippen molar-refractivity contribution < 1.29 is 0 Å². The first-order valence-corrected chi connectivity index (χ1v) is 8.09. The lowest BCUT2D eigenvalue weighted by atomic mass is 10.2. The third kappa shape index (κ3) is 2.86. The lowest BCUT2D eigenvalue weighted by molar-refractivity contribution is 0.726. The predicted molar refractivity (Wildman–Crippen MR) is 81.9 cm³/mol. The highest BCUT2D eigenvalue weighted by Gasteiger charge is 2.30. The number of nitrogens with zero attached hydrogens (tertiary/aromatic N) is 3. The molecule has 19 heavy (non-hydrogen) atoms. The molecular weight excluding hydrogens is 304 g/mol. The lowest BCUT2D eigenvalue weighted by Gasteiger charge is -2.22. The van der Waals surface area contributed by atoms with Crippen molar-refractivity contribution in [2.24, 2.45) is 0 Å². The second-order valence-corrected chi connectivity index (χ2v) is 6.29. The summed E-state index contributed by atoms with van der Waals surface area (Å²) in [6.45, 7) is 2.18. The molecule has 0 spiro atoms. The van der Waals surface area contributed by atoms with Crippen molar-refractivity contribution in [3.8, 4) is 0 Å². The van der Waals surface area contributed by atoms with Crippen molar-refractivity contribution in [1.82, 2.24) is 9.97 Å². The van der Waals surface area contributed by atoms with Gasteiger partial charge >= 0.3 is 0 Å². The summed E-state index contributed by atoms with van der Waals surface area (Å²) in [5, 5.41) is 3.19. The Balaban J connectivity index is 1.93. The van der Waals surface area contributed by atoms with Crippen LogP contribution in [-0.4, -0.2) is 30.1 Å². The lowest BCUT2D eigenvalue weighted by Crippen LogP contribution is -2.26. The minimum Gasteiger partial charge on any atom is -0.372 e. The number of halogens is 1. The molecule has 0 unspecified atom stereocenters. The van der Waals surface area contributed by atoms with Crippen molar-refractivity contribution in [2.75, 3.05) is 30.4 Å². The molecule has 2 heterocycles. The van der Waals surface area contributed by atoms with E-state index >= 15 is 0 Å². The van der Waals surface area contributed by atoms with Gasteiger partial charge in [-0.1, -0.05) is 12.8 Å². The summed E-state index contributed by atoms with van der Waals surface area (Å²) in [6, 6.07) is 0. The highest BCUT2D eigenvalue weighted by atomic mass is 79.9. The van der Waals surface area contributed by atoms with Crippen LogP contribution in [0.5, 0.6) is 0 Å². The average Bonchev–Trinajstić information content (AvgIpc) is 3.26. The molecule has 2 fully saturated rings. The molecule has 3 rings (SSSR count). The molecule has 0 amide bonds. The third-order valence-corrected chi connectivity index (χ3v) is 4.74. The largest absolute Gasteiger partial charge is 0.372 e. The Morgan fingerprint density at radius 3 is 2.37 bits per heavy atom. The average molecular weight is 325 g/mol. The van der Waals surface area contributed by atoms with Gasteiger partial charge in [0.2, 0.25) is 5.95 Å². The molecule has 1 saturated carbocycles. The first-order valence-electron chi connectivity index (χ1n) is 7.29. The van der Waals surface area contributed by atoms with Crippen LogP contribution in [0.2, 0.25) is 0 Å². The number of nitrogens with one attached hydrogen (secondary N) is 1. The molecule has 104 valence electrons. The van der Waals surface area contributed by atoms with Gasteiger partial charge in [0.05, 0.1) is 10.2 Å². The van der Waals surface area contributed by atoms with Crippen LogP contribution in [0.4, 0.5) is 11.8 Å². The van der Waals surface area contributed by atoms with E-state index in [0.717, 1.165) is 29.3 Å². The fraction of sp³-hybridized carbons (Fsp3) is 0.714. The van der Waals surface area contributed by atoms with Gasteiger partial charge in [-0.05, 0) is 41.6 Å². The van der Waals surface area contributed by atoms with Gasteiger partial charge in [0.1, 0.15) is 5.82 Å². The normalized spacial score (nSPS) is 20.2. The SMILES string of the molecule is CNc1nc(N2CCCCCC2)nc(C2CC2)c1Br.